The van der Waals surface area contributed by atoms with E-state index in [1.807, 2.05) is 14.0 Å². The van der Waals surface area contributed by atoms with Crippen LogP contribution in [0, 0.1) is 6.92 Å². The van der Waals surface area contributed by atoms with Crippen molar-refractivity contribution in [2.24, 2.45) is 0 Å². The maximum atomic E-state index is 5.83. The zero-order valence-electron chi connectivity index (χ0n) is 12.7. The number of hydrogen-bond donors (Lipinski definition) is 0. The van der Waals surface area contributed by atoms with E-state index in [1.54, 1.807) is 12.4 Å². The van der Waals surface area contributed by atoms with Gasteiger partial charge in [-0.05, 0) is 19.8 Å². The van der Waals surface area contributed by atoms with E-state index in [1.165, 1.54) is 0 Å². The van der Waals surface area contributed by atoms with Crippen LogP contribution in [0.2, 0.25) is 5.02 Å². The minimum absolute atomic E-state index is 0.432. The molecule has 0 saturated carbocycles. The molecule has 118 valence electrons. The van der Waals surface area contributed by atoms with E-state index in [4.69, 9.17) is 16.1 Å². The minimum atomic E-state index is 0.432. The average molecular weight is 323 g/mol. The molecule has 0 aliphatic carbocycles. The number of aromatic nitrogens is 4. The zero-order chi connectivity index (χ0) is 15.5. The summed E-state index contributed by atoms with van der Waals surface area (Å²) in [6.07, 6.45) is 5.37. The number of nitrogens with zero attached hydrogens (tertiary/aromatic N) is 6. The van der Waals surface area contributed by atoms with Crippen molar-refractivity contribution in [3.8, 4) is 0 Å². The van der Waals surface area contributed by atoms with E-state index in [0.29, 0.717) is 29.3 Å². The van der Waals surface area contributed by atoms with Crippen LogP contribution in [0.5, 0.6) is 0 Å². The summed E-state index contributed by atoms with van der Waals surface area (Å²) < 4.78 is 5.18. The Hall–Kier alpha value is -1.73. The van der Waals surface area contributed by atoms with E-state index in [-0.39, 0.29) is 0 Å². The molecule has 0 bridgehead atoms. The van der Waals surface area contributed by atoms with Crippen LogP contribution >= 0.6 is 11.6 Å². The predicted molar refractivity (Wildman–Crippen MR) is 82.8 cm³/mol. The molecule has 0 spiro atoms. The highest BCUT2D eigenvalue weighted by Crippen LogP contribution is 2.20. The Morgan fingerprint density at radius 3 is 2.59 bits per heavy atom. The van der Waals surface area contributed by atoms with Gasteiger partial charge in [0.05, 0.1) is 24.0 Å². The highest BCUT2D eigenvalue weighted by Gasteiger charge is 2.24. The average Bonchev–Trinajstić information content (AvgIpc) is 2.93. The third-order valence-electron chi connectivity index (χ3n) is 3.96. The monoisotopic (exact) mass is 322 g/mol. The van der Waals surface area contributed by atoms with Crippen molar-refractivity contribution in [3.05, 3.63) is 29.1 Å². The Balaban J connectivity index is 1.53. The van der Waals surface area contributed by atoms with E-state index in [2.05, 4.69) is 29.9 Å². The summed E-state index contributed by atoms with van der Waals surface area (Å²) in [6, 6.07) is 0.432. The maximum Gasteiger partial charge on any atom is 0.240 e. The fourth-order valence-corrected chi connectivity index (χ4v) is 2.81. The molecule has 7 nitrogen and oxygen atoms in total. The van der Waals surface area contributed by atoms with Gasteiger partial charge in [-0.1, -0.05) is 16.8 Å². The lowest BCUT2D eigenvalue weighted by atomic mass is 10.0. The fraction of sp³-hybridized carbons (Fsp3) is 0.571. The Morgan fingerprint density at radius 2 is 2.00 bits per heavy atom. The predicted octanol–water partition coefficient (Wildman–Crippen LogP) is 1.92. The quantitative estimate of drug-likeness (QED) is 0.851. The molecule has 3 rings (SSSR count). The van der Waals surface area contributed by atoms with Gasteiger partial charge in [-0.25, -0.2) is 9.97 Å². The van der Waals surface area contributed by atoms with Crippen molar-refractivity contribution < 1.29 is 4.52 Å². The number of likely N-dealkylation sites (tertiary alicyclic amines) is 1. The third kappa shape index (κ3) is 3.53. The Labute approximate surface area is 134 Å². The van der Waals surface area contributed by atoms with Crippen LogP contribution in [-0.2, 0) is 6.54 Å². The molecule has 1 saturated heterocycles. The standard InChI is InChI=1S/C14H19ClN6O/c1-10-18-13(22-19-10)9-21-5-3-12(4-6-21)20(2)14-16-7-11(15)8-17-14/h7-8,12H,3-6,9H2,1-2H3. The van der Waals surface area contributed by atoms with Gasteiger partial charge in [0.2, 0.25) is 11.8 Å². The van der Waals surface area contributed by atoms with Gasteiger partial charge < -0.3 is 9.42 Å². The van der Waals surface area contributed by atoms with Gasteiger partial charge >= 0.3 is 0 Å². The molecule has 0 aromatic carbocycles. The maximum absolute atomic E-state index is 5.83. The molecule has 0 radical (unpaired) electrons. The van der Waals surface area contributed by atoms with Crippen molar-refractivity contribution in [1.29, 1.82) is 0 Å². The first-order valence-corrected chi connectivity index (χ1v) is 7.71. The molecule has 0 N–H and O–H groups in total. The van der Waals surface area contributed by atoms with Crippen LogP contribution in [0.15, 0.2) is 16.9 Å². The molecule has 1 aliphatic heterocycles. The van der Waals surface area contributed by atoms with Crippen LogP contribution in [0.25, 0.3) is 0 Å². The summed E-state index contributed by atoms with van der Waals surface area (Å²) >= 11 is 5.83. The number of rotatable bonds is 4. The second kappa shape index (κ2) is 6.58. The molecule has 22 heavy (non-hydrogen) atoms. The van der Waals surface area contributed by atoms with Gasteiger partial charge in [0.25, 0.3) is 0 Å². The molecule has 3 heterocycles. The minimum Gasteiger partial charge on any atom is -0.341 e. The Bertz CT molecular complexity index is 608. The van der Waals surface area contributed by atoms with Crippen LogP contribution in [0.1, 0.15) is 24.6 Å². The van der Waals surface area contributed by atoms with Crippen molar-refractivity contribution in [2.45, 2.75) is 32.4 Å². The van der Waals surface area contributed by atoms with Gasteiger partial charge in [-0.2, -0.15) is 4.98 Å². The molecular formula is C14H19ClN6O. The molecule has 0 unspecified atom stereocenters. The first-order chi connectivity index (χ1) is 10.6. The van der Waals surface area contributed by atoms with E-state index < -0.39 is 0 Å². The van der Waals surface area contributed by atoms with Gasteiger partial charge in [-0.3, -0.25) is 4.90 Å². The Morgan fingerprint density at radius 1 is 1.32 bits per heavy atom. The summed E-state index contributed by atoms with van der Waals surface area (Å²) in [5, 5.41) is 4.38. The molecule has 8 heteroatoms. The van der Waals surface area contributed by atoms with Gasteiger partial charge in [0.15, 0.2) is 5.82 Å². The molecule has 2 aromatic heterocycles. The van der Waals surface area contributed by atoms with Gasteiger partial charge in [0.1, 0.15) is 0 Å². The summed E-state index contributed by atoms with van der Waals surface area (Å²) in [7, 11) is 2.03. The zero-order valence-corrected chi connectivity index (χ0v) is 13.5. The lowest BCUT2D eigenvalue weighted by molar-refractivity contribution is 0.179. The third-order valence-corrected chi connectivity index (χ3v) is 4.15. The summed E-state index contributed by atoms with van der Waals surface area (Å²) in [5.74, 6) is 2.09. The lowest BCUT2D eigenvalue weighted by Gasteiger charge is -2.36. The summed E-state index contributed by atoms with van der Waals surface area (Å²) in [4.78, 5) is 17.3. The number of anilines is 1. The highest BCUT2D eigenvalue weighted by molar-refractivity contribution is 6.30. The van der Waals surface area contributed by atoms with Crippen molar-refractivity contribution in [3.63, 3.8) is 0 Å². The van der Waals surface area contributed by atoms with Crippen molar-refractivity contribution in [1.82, 2.24) is 25.0 Å². The van der Waals surface area contributed by atoms with Crippen molar-refractivity contribution in [2.75, 3.05) is 25.0 Å². The summed E-state index contributed by atoms with van der Waals surface area (Å²) in [5.41, 5.74) is 0. The molecule has 1 aliphatic rings. The van der Waals surface area contributed by atoms with E-state index >= 15 is 0 Å². The first-order valence-electron chi connectivity index (χ1n) is 7.34. The topological polar surface area (TPSA) is 71.2 Å². The van der Waals surface area contributed by atoms with Gasteiger partial charge in [-0.15, -0.1) is 0 Å². The van der Waals surface area contributed by atoms with Gasteiger partial charge in [0, 0.05) is 26.2 Å². The van der Waals surface area contributed by atoms with Crippen LogP contribution in [0.4, 0.5) is 5.95 Å². The number of halogens is 1. The Kier molecular flexibility index (Phi) is 4.54. The number of piperidine rings is 1. The molecule has 0 atom stereocenters. The second-order valence-electron chi connectivity index (χ2n) is 5.55. The molecule has 1 fully saturated rings. The highest BCUT2D eigenvalue weighted by atomic mass is 35.5. The number of hydrogen-bond acceptors (Lipinski definition) is 7. The normalized spacial score (nSPS) is 16.9. The smallest absolute Gasteiger partial charge is 0.240 e. The molecule has 0 amide bonds. The molecule has 2 aromatic rings. The van der Waals surface area contributed by atoms with Crippen LogP contribution in [-0.4, -0.2) is 51.2 Å². The number of aryl methyl sites for hydroxylation is 1. The lowest BCUT2D eigenvalue weighted by Crippen LogP contribution is -2.43. The van der Waals surface area contributed by atoms with E-state index in [0.717, 1.165) is 31.9 Å². The van der Waals surface area contributed by atoms with E-state index in [9.17, 15) is 0 Å². The SMILES string of the molecule is Cc1noc(CN2CCC(N(C)c3ncc(Cl)cn3)CC2)n1. The first kappa shape index (κ1) is 15.2. The summed E-state index contributed by atoms with van der Waals surface area (Å²) in [6.45, 7) is 4.53. The fourth-order valence-electron chi connectivity index (χ4n) is 2.71. The van der Waals surface area contributed by atoms with Crippen molar-refractivity contribution >= 4 is 17.5 Å². The van der Waals surface area contributed by atoms with Crippen LogP contribution < -0.4 is 4.90 Å². The van der Waals surface area contributed by atoms with Crippen LogP contribution in [0.3, 0.4) is 0 Å². The largest absolute Gasteiger partial charge is 0.341 e. The second-order valence-corrected chi connectivity index (χ2v) is 5.99. The molecular weight excluding hydrogens is 304 g/mol.